The highest BCUT2D eigenvalue weighted by Crippen LogP contribution is 2.33. The van der Waals surface area contributed by atoms with Crippen LogP contribution < -0.4 is 4.90 Å². The number of carbonyl (C=O) groups excluding carboxylic acids is 2. The average molecular weight is 424 g/mol. The fourth-order valence-corrected chi connectivity index (χ4v) is 3.79. The van der Waals surface area contributed by atoms with Crippen LogP contribution in [0.4, 0.5) is 10.6 Å². The van der Waals surface area contributed by atoms with Gasteiger partial charge in [-0.2, -0.15) is 0 Å². The fourth-order valence-electron chi connectivity index (χ4n) is 3.79. The first-order valence-electron chi connectivity index (χ1n) is 11.1. The summed E-state index contributed by atoms with van der Waals surface area (Å²) < 4.78 is 5.57. The van der Waals surface area contributed by atoms with Crippen molar-refractivity contribution in [3.63, 3.8) is 0 Å². The number of aromatic nitrogens is 1. The minimum Gasteiger partial charge on any atom is -0.443 e. The van der Waals surface area contributed by atoms with Crippen molar-refractivity contribution >= 4 is 17.8 Å². The maximum atomic E-state index is 13.0. The molecule has 1 fully saturated rings. The molecule has 6 nitrogen and oxygen atoms in total. The number of likely N-dealkylation sites (tertiary alicyclic amines) is 1. The summed E-state index contributed by atoms with van der Waals surface area (Å²) in [5.74, 6) is 0.621. The molecule has 1 atom stereocenters. The van der Waals surface area contributed by atoms with Gasteiger partial charge < -0.3 is 9.64 Å². The predicted molar refractivity (Wildman–Crippen MR) is 122 cm³/mol. The summed E-state index contributed by atoms with van der Waals surface area (Å²) in [4.78, 5) is 33.8. The second-order valence-corrected chi connectivity index (χ2v) is 8.96. The minimum atomic E-state index is -0.566. The molecule has 1 aliphatic heterocycles. The fraction of sp³-hybridized carbons (Fsp3) is 0.480. The molecule has 0 radical (unpaired) electrons. The third-order valence-electron chi connectivity index (χ3n) is 5.32. The largest absolute Gasteiger partial charge is 0.443 e. The van der Waals surface area contributed by atoms with Crippen LogP contribution >= 0.6 is 0 Å². The van der Waals surface area contributed by atoms with Gasteiger partial charge in [0.2, 0.25) is 0 Å². The molecule has 166 valence electrons. The van der Waals surface area contributed by atoms with Crippen LogP contribution in [0.2, 0.25) is 0 Å². The molecule has 31 heavy (non-hydrogen) atoms. The van der Waals surface area contributed by atoms with Crippen molar-refractivity contribution in [1.82, 2.24) is 9.88 Å². The number of anilines is 1. The van der Waals surface area contributed by atoms with E-state index in [0.717, 1.165) is 37.8 Å². The van der Waals surface area contributed by atoms with Crippen LogP contribution in [0, 0.1) is 0 Å². The number of nitrogens with zero attached hydrogens (tertiary/aromatic N) is 3. The average Bonchev–Trinajstić information content (AvgIpc) is 3.23. The van der Waals surface area contributed by atoms with Gasteiger partial charge in [-0.05, 0) is 63.8 Å². The predicted octanol–water partition coefficient (Wildman–Crippen LogP) is 5.60. The molecule has 0 unspecified atom stereocenters. The Labute approximate surface area is 185 Å². The number of amides is 2. The standard InChI is InChI=1S/C25H33N3O3/c1-5-6-16-28(24(30)31-25(2,3)4)22-15-14-20(18-26-22)21-13-10-17-27(21)23(29)19-11-8-7-9-12-19/h7-9,11-12,14-15,18,21H,5-6,10,13,16-17H2,1-4H3/t21-/m1/s1. The lowest BCUT2D eigenvalue weighted by Crippen LogP contribution is -2.38. The topological polar surface area (TPSA) is 62.7 Å². The van der Waals surface area contributed by atoms with Crippen molar-refractivity contribution < 1.29 is 14.3 Å². The summed E-state index contributed by atoms with van der Waals surface area (Å²) in [7, 11) is 0. The van der Waals surface area contributed by atoms with E-state index in [1.54, 1.807) is 11.1 Å². The van der Waals surface area contributed by atoms with E-state index >= 15 is 0 Å². The summed E-state index contributed by atoms with van der Waals surface area (Å²) in [5, 5.41) is 0. The molecular weight excluding hydrogens is 390 g/mol. The van der Waals surface area contributed by atoms with Crippen molar-refractivity contribution in [3.05, 3.63) is 59.8 Å². The van der Waals surface area contributed by atoms with Crippen molar-refractivity contribution in [1.29, 1.82) is 0 Å². The van der Waals surface area contributed by atoms with Gasteiger partial charge in [-0.1, -0.05) is 37.6 Å². The van der Waals surface area contributed by atoms with E-state index in [0.29, 0.717) is 17.9 Å². The number of rotatable bonds is 6. The molecule has 1 aromatic carbocycles. The quantitative estimate of drug-likeness (QED) is 0.607. The molecule has 1 aliphatic rings. The molecule has 2 aromatic rings. The molecule has 0 bridgehead atoms. The maximum absolute atomic E-state index is 13.0. The zero-order valence-corrected chi connectivity index (χ0v) is 19.0. The number of unbranched alkanes of at least 4 members (excludes halogenated alkanes) is 1. The Morgan fingerprint density at radius 1 is 1.16 bits per heavy atom. The maximum Gasteiger partial charge on any atom is 0.416 e. The normalized spacial score (nSPS) is 16.3. The third kappa shape index (κ3) is 5.84. The zero-order chi connectivity index (χ0) is 22.4. The Morgan fingerprint density at radius 2 is 1.90 bits per heavy atom. The Morgan fingerprint density at radius 3 is 2.52 bits per heavy atom. The van der Waals surface area contributed by atoms with E-state index in [1.807, 2.05) is 68.1 Å². The molecule has 0 N–H and O–H groups in total. The summed E-state index contributed by atoms with van der Waals surface area (Å²) in [5.41, 5.74) is 1.13. The van der Waals surface area contributed by atoms with Crippen LogP contribution in [0.15, 0.2) is 48.7 Å². The van der Waals surface area contributed by atoms with Crippen LogP contribution in [-0.4, -0.2) is 40.6 Å². The molecule has 3 rings (SSSR count). The highest BCUT2D eigenvalue weighted by atomic mass is 16.6. The molecule has 2 heterocycles. The SMILES string of the molecule is CCCCN(C(=O)OC(C)(C)C)c1ccc([C@H]2CCCN2C(=O)c2ccccc2)cn1. The van der Waals surface area contributed by atoms with E-state index in [9.17, 15) is 9.59 Å². The summed E-state index contributed by atoms with van der Waals surface area (Å²) in [6.45, 7) is 8.95. The van der Waals surface area contributed by atoms with E-state index in [-0.39, 0.29) is 18.0 Å². The highest BCUT2D eigenvalue weighted by molar-refractivity contribution is 5.94. The number of benzene rings is 1. The first-order valence-corrected chi connectivity index (χ1v) is 11.1. The molecule has 1 aromatic heterocycles. The van der Waals surface area contributed by atoms with E-state index < -0.39 is 5.60 Å². The Balaban J connectivity index is 1.78. The number of ether oxygens (including phenoxy) is 1. The van der Waals surface area contributed by atoms with Gasteiger partial charge in [-0.15, -0.1) is 0 Å². The van der Waals surface area contributed by atoms with Gasteiger partial charge in [0, 0.05) is 24.8 Å². The van der Waals surface area contributed by atoms with Crippen LogP contribution in [0.5, 0.6) is 0 Å². The van der Waals surface area contributed by atoms with Gasteiger partial charge in [-0.25, -0.2) is 9.78 Å². The van der Waals surface area contributed by atoms with Gasteiger partial charge in [0.25, 0.3) is 5.91 Å². The second kappa shape index (κ2) is 9.94. The second-order valence-electron chi connectivity index (χ2n) is 8.96. The van der Waals surface area contributed by atoms with E-state index in [1.165, 1.54) is 0 Å². The highest BCUT2D eigenvalue weighted by Gasteiger charge is 2.31. The van der Waals surface area contributed by atoms with Gasteiger partial charge in [0.05, 0.1) is 6.04 Å². The van der Waals surface area contributed by atoms with Gasteiger partial charge in [0.1, 0.15) is 11.4 Å². The van der Waals surface area contributed by atoms with Crippen LogP contribution in [-0.2, 0) is 4.74 Å². The van der Waals surface area contributed by atoms with E-state index in [2.05, 4.69) is 11.9 Å². The van der Waals surface area contributed by atoms with Crippen LogP contribution in [0.1, 0.15) is 75.3 Å². The molecule has 2 amide bonds. The van der Waals surface area contributed by atoms with Crippen molar-refractivity contribution in [3.8, 4) is 0 Å². The first-order chi connectivity index (χ1) is 14.8. The molecule has 0 saturated carbocycles. The van der Waals surface area contributed by atoms with Gasteiger partial charge in [-0.3, -0.25) is 9.69 Å². The lowest BCUT2D eigenvalue weighted by atomic mass is 10.1. The van der Waals surface area contributed by atoms with Gasteiger partial charge in [0.15, 0.2) is 0 Å². The zero-order valence-electron chi connectivity index (χ0n) is 19.0. The lowest BCUT2D eigenvalue weighted by Gasteiger charge is -2.28. The summed E-state index contributed by atoms with van der Waals surface area (Å²) in [6, 6.07) is 13.2. The monoisotopic (exact) mass is 423 g/mol. The summed E-state index contributed by atoms with van der Waals surface area (Å²) in [6.07, 6.45) is 5.11. The Kier molecular flexibility index (Phi) is 7.31. The number of carbonyl (C=O) groups is 2. The van der Waals surface area contributed by atoms with E-state index in [4.69, 9.17) is 4.74 Å². The first kappa shape index (κ1) is 22.8. The number of hydrogen-bond donors (Lipinski definition) is 0. The molecule has 6 heteroatoms. The van der Waals surface area contributed by atoms with Crippen molar-refractivity contribution in [2.75, 3.05) is 18.0 Å². The van der Waals surface area contributed by atoms with Crippen LogP contribution in [0.25, 0.3) is 0 Å². The Hall–Kier alpha value is -2.89. The number of pyridine rings is 1. The minimum absolute atomic E-state index is 0.000116. The molecular formula is C25H33N3O3. The molecule has 0 spiro atoms. The molecule has 1 saturated heterocycles. The lowest BCUT2D eigenvalue weighted by molar-refractivity contribution is 0.0578. The van der Waals surface area contributed by atoms with Crippen molar-refractivity contribution in [2.24, 2.45) is 0 Å². The van der Waals surface area contributed by atoms with Crippen LogP contribution in [0.3, 0.4) is 0 Å². The Bertz CT molecular complexity index is 875. The van der Waals surface area contributed by atoms with Crippen molar-refractivity contribution in [2.45, 2.75) is 65.0 Å². The molecule has 0 aliphatic carbocycles. The van der Waals surface area contributed by atoms with Gasteiger partial charge >= 0.3 is 6.09 Å². The summed E-state index contributed by atoms with van der Waals surface area (Å²) >= 11 is 0. The third-order valence-corrected chi connectivity index (χ3v) is 5.32. The number of hydrogen-bond acceptors (Lipinski definition) is 4. The smallest absolute Gasteiger partial charge is 0.416 e.